The fourth-order valence-electron chi connectivity index (χ4n) is 7.27. The van der Waals surface area contributed by atoms with Crippen molar-refractivity contribution in [1.82, 2.24) is 0 Å². The number of aliphatic hydroxyl groups excluding tert-OH is 1. The molecule has 4 rings (SSSR count). The van der Waals surface area contributed by atoms with Gasteiger partial charge in [0.05, 0.1) is 11.7 Å². The van der Waals surface area contributed by atoms with Gasteiger partial charge in [-0.05, 0) is 63.2 Å². The molecule has 0 aromatic heterocycles. The Balaban J connectivity index is 1.77. The first-order chi connectivity index (χ1) is 11.1. The zero-order valence-electron chi connectivity index (χ0n) is 15.1. The summed E-state index contributed by atoms with van der Waals surface area (Å²) in [5, 5.41) is 21.9. The molecule has 4 heteroatoms. The normalized spacial score (nSPS) is 60.3. The highest BCUT2D eigenvalue weighted by molar-refractivity contribution is 5.79. The van der Waals surface area contributed by atoms with E-state index in [9.17, 15) is 15.0 Å². The van der Waals surface area contributed by atoms with Gasteiger partial charge in [0.2, 0.25) is 0 Å². The zero-order valence-corrected chi connectivity index (χ0v) is 15.1. The predicted molar refractivity (Wildman–Crippen MR) is 89.1 cm³/mol. The third kappa shape index (κ3) is 1.77. The van der Waals surface area contributed by atoms with Crippen molar-refractivity contribution in [2.24, 2.45) is 28.6 Å². The van der Waals surface area contributed by atoms with Crippen molar-refractivity contribution < 1.29 is 19.4 Å². The number of ketones is 1. The molecule has 0 heterocycles. The van der Waals surface area contributed by atoms with E-state index < -0.39 is 28.2 Å². The van der Waals surface area contributed by atoms with Crippen LogP contribution >= 0.6 is 0 Å². The second-order valence-corrected chi connectivity index (χ2v) is 9.87. The highest BCUT2D eigenvalue weighted by atomic mass is 19.1. The number of alkyl halides is 1. The summed E-state index contributed by atoms with van der Waals surface area (Å²) in [6.07, 6.45) is 3.89. The van der Waals surface area contributed by atoms with Crippen LogP contribution in [-0.2, 0) is 4.79 Å². The van der Waals surface area contributed by atoms with Gasteiger partial charge >= 0.3 is 0 Å². The molecule has 3 nitrogen and oxygen atoms in total. The van der Waals surface area contributed by atoms with E-state index in [1.54, 1.807) is 0 Å². The Labute approximate surface area is 144 Å². The molecular weight excluding hydrogens is 307 g/mol. The highest BCUT2D eigenvalue weighted by Gasteiger charge is 2.73. The first-order valence-corrected chi connectivity index (χ1v) is 9.67. The van der Waals surface area contributed by atoms with Crippen molar-refractivity contribution in [1.29, 1.82) is 0 Å². The smallest absolute Gasteiger partial charge is 0.145 e. The summed E-state index contributed by atoms with van der Waals surface area (Å²) in [6, 6.07) is 0. The largest absolute Gasteiger partial charge is 0.390 e. The van der Waals surface area contributed by atoms with Crippen LogP contribution in [0.3, 0.4) is 0 Å². The van der Waals surface area contributed by atoms with Crippen molar-refractivity contribution >= 4 is 5.78 Å². The molecular formula is C20H31FO3. The molecule has 0 spiro atoms. The average molecular weight is 338 g/mol. The molecule has 24 heavy (non-hydrogen) atoms. The molecule has 0 aromatic rings. The van der Waals surface area contributed by atoms with E-state index in [0.29, 0.717) is 32.1 Å². The number of halogens is 1. The molecule has 0 bridgehead atoms. The number of carbonyl (C=O) groups excluding carboxylic acids is 1. The van der Waals surface area contributed by atoms with E-state index >= 15 is 4.39 Å². The van der Waals surface area contributed by atoms with Crippen molar-refractivity contribution in [3.05, 3.63) is 0 Å². The number of Topliss-reactive ketones (excluding diaryl/α,β-unsaturated/α-hetero) is 1. The molecule has 0 saturated heterocycles. The molecule has 0 aliphatic heterocycles. The molecule has 8 atom stereocenters. The Kier molecular flexibility index (Phi) is 3.41. The first kappa shape index (κ1) is 17.0. The number of carbonyl (C=O) groups is 1. The third-order valence-corrected chi connectivity index (χ3v) is 9.12. The number of fused-ring (bicyclic) bond motifs is 5. The van der Waals surface area contributed by atoms with E-state index in [4.69, 9.17) is 0 Å². The fourth-order valence-corrected chi connectivity index (χ4v) is 7.27. The number of aliphatic hydroxyl groups is 2. The molecule has 4 aliphatic rings. The van der Waals surface area contributed by atoms with Crippen molar-refractivity contribution in [2.45, 2.75) is 89.5 Å². The Morgan fingerprint density at radius 3 is 2.46 bits per heavy atom. The van der Waals surface area contributed by atoms with Crippen LogP contribution in [0.25, 0.3) is 0 Å². The van der Waals surface area contributed by atoms with E-state index in [1.165, 1.54) is 0 Å². The maximum atomic E-state index is 16.7. The quantitative estimate of drug-likeness (QED) is 0.711. The topological polar surface area (TPSA) is 57.5 Å². The van der Waals surface area contributed by atoms with Crippen LogP contribution in [0.1, 0.15) is 72.1 Å². The average Bonchev–Trinajstić information content (AvgIpc) is 2.72. The van der Waals surface area contributed by atoms with E-state index in [2.05, 4.69) is 0 Å². The van der Waals surface area contributed by atoms with Gasteiger partial charge in [-0.25, -0.2) is 4.39 Å². The van der Waals surface area contributed by atoms with Gasteiger partial charge in [-0.3, -0.25) is 4.79 Å². The van der Waals surface area contributed by atoms with E-state index in [1.807, 2.05) is 20.8 Å². The Hall–Kier alpha value is -0.480. The minimum atomic E-state index is -1.62. The second-order valence-electron chi connectivity index (χ2n) is 9.87. The maximum absolute atomic E-state index is 16.7. The summed E-state index contributed by atoms with van der Waals surface area (Å²) in [7, 11) is 0. The summed E-state index contributed by atoms with van der Waals surface area (Å²) in [6.45, 7) is 5.89. The summed E-state index contributed by atoms with van der Waals surface area (Å²) >= 11 is 0. The molecule has 2 N–H and O–H groups in total. The van der Waals surface area contributed by atoms with Gasteiger partial charge in [0.15, 0.2) is 0 Å². The summed E-state index contributed by atoms with van der Waals surface area (Å²) in [5.41, 5.74) is -3.49. The molecule has 0 aromatic carbocycles. The summed E-state index contributed by atoms with van der Waals surface area (Å²) in [4.78, 5) is 11.9. The monoisotopic (exact) mass is 338 g/mol. The van der Waals surface area contributed by atoms with Gasteiger partial charge in [0.25, 0.3) is 0 Å². The number of hydrogen-bond acceptors (Lipinski definition) is 3. The van der Waals surface area contributed by atoms with Crippen molar-refractivity contribution in [2.75, 3.05) is 0 Å². The van der Waals surface area contributed by atoms with Crippen molar-refractivity contribution in [3.8, 4) is 0 Å². The Bertz CT molecular complexity index is 575. The van der Waals surface area contributed by atoms with Gasteiger partial charge in [0, 0.05) is 23.7 Å². The lowest BCUT2D eigenvalue weighted by Crippen LogP contribution is -2.70. The standard InChI is InChI=1S/C20H31FO3/c1-17-8-6-13(22)10-12(17)4-5-15-14-7-9-19(3,24)18(14,2)11-16(23)20(15,17)21/h12,14-16,23-24H,4-11H2,1-3H3/t12-,14-,15-,16-,17-,18-,19+,20-/m0/s1. The summed E-state index contributed by atoms with van der Waals surface area (Å²) < 4.78 is 16.7. The van der Waals surface area contributed by atoms with Gasteiger partial charge in [-0.1, -0.05) is 13.8 Å². The zero-order chi connectivity index (χ0) is 17.5. The fraction of sp³-hybridized carbons (Fsp3) is 0.950. The highest BCUT2D eigenvalue weighted by Crippen LogP contribution is 2.70. The Morgan fingerprint density at radius 1 is 1.04 bits per heavy atom. The number of hydrogen-bond donors (Lipinski definition) is 2. The van der Waals surface area contributed by atoms with Gasteiger partial charge in [-0.15, -0.1) is 0 Å². The summed E-state index contributed by atoms with van der Waals surface area (Å²) in [5.74, 6) is 0.227. The third-order valence-electron chi connectivity index (χ3n) is 9.12. The molecule has 4 saturated carbocycles. The molecule has 0 amide bonds. The lowest BCUT2D eigenvalue weighted by atomic mass is 9.42. The van der Waals surface area contributed by atoms with E-state index in [-0.39, 0.29) is 23.5 Å². The minimum absolute atomic E-state index is 0.0564. The van der Waals surface area contributed by atoms with Crippen LogP contribution < -0.4 is 0 Å². The molecule has 136 valence electrons. The predicted octanol–water partition coefficient (Wildman–Crippen LogP) is 3.41. The van der Waals surface area contributed by atoms with Crippen LogP contribution in [0, 0.1) is 28.6 Å². The second kappa shape index (κ2) is 4.82. The van der Waals surface area contributed by atoms with Crippen LogP contribution in [0.15, 0.2) is 0 Å². The van der Waals surface area contributed by atoms with Gasteiger partial charge in [-0.2, -0.15) is 0 Å². The van der Waals surface area contributed by atoms with Gasteiger partial charge < -0.3 is 10.2 Å². The molecule has 4 aliphatic carbocycles. The molecule has 0 unspecified atom stereocenters. The van der Waals surface area contributed by atoms with Crippen LogP contribution in [-0.4, -0.2) is 33.4 Å². The van der Waals surface area contributed by atoms with Crippen LogP contribution in [0.5, 0.6) is 0 Å². The maximum Gasteiger partial charge on any atom is 0.145 e. The first-order valence-electron chi connectivity index (χ1n) is 9.67. The van der Waals surface area contributed by atoms with Crippen LogP contribution in [0.4, 0.5) is 4.39 Å². The van der Waals surface area contributed by atoms with Gasteiger partial charge in [0.1, 0.15) is 11.5 Å². The SMILES string of the molecule is C[C@]12CCC(=O)C[C@@H]1CC[C@H]1[C@@H]3CC[C@@](C)(O)[C@@]3(C)C[C@H](O)[C@@]12F. The van der Waals surface area contributed by atoms with Crippen LogP contribution in [0.2, 0.25) is 0 Å². The van der Waals surface area contributed by atoms with E-state index in [0.717, 1.165) is 19.3 Å². The lowest BCUT2D eigenvalue weighted by Gasteiger charge is -2.65. The Morgan fingerprint density at radius 2 is 1.75 bits per heavy atom. The molecule has 0 radical (unpaired) electrons. The number of rotatable bonds is 0. The lowest BCUT2D eigenvalue weighted by molar-refractivity contribution is -0.254. The minimum Gasteiger partial charge on any atom is -0.390 e. The molecule has 4 fully saturated rings. The van der Waals surface area contributed by atoms with Crippen molar-refractivity contribution in [3.63, 3.8) is 0 Å².